The van der Waals surface area contributed by atoms with Crippen LogP contribution in [-0.4, -0.2) is 23.3 Å². The Morgan fingerprint density at radius 3 is 2.15 bits per heavy atom. The fourth-order valence-corrected chi connectivity index (χ4v) is 2.83. The lowest BCUT2D eigenvalue weighted by Crippen LogP contribution is -2.35. The van der Waals surface area contributed by atoms with Crippen LogP contribution in [0.4, 0.5) is 0 Å². The molecule has 0 saturated heterocycles. The number of thiocarbonyl (C=S) groups is 1. The highest BCUT2D eigenvalue weighted by Crippen LogP contribution is 2.14. The number of ketones is 1. The van der Waals surface area contributed by atoms with Gasteiger partial charge < -0.3 is 14.8 Å². The van der Waals surface area contributed by atoms with Crippen LogP contribution >= 0.6 is 12.2 Å². The van der Waals surface area contributed by atoms with Crippen molar-refractivity contribution in [3.8, 4) is 0 Å². The minimum atomic E-state index is -0.377. The molecule has 0 bridgehead atoms. The summed E-state index contributed by atoms with van der Waals surface area (Å²) in [6, 6.07) is 19.4. The predicted octanol–water partition coefficient (Wildman–Crippen LogP) is 3.48. The molecular weight excluding hydrogens is 346 g/mol. The average molecular weight is 369 g/mol. The molecule has 2 aromatic carbocycles. The zero-order valence-electron chi connectivity index (χ0n) is 14.8. The van der Waals surface area contributed by atoms with Gasteiger partial charge in [0, 0.05) is 12.3 Å². The highest BCUT2D eigenvalue weighted by atomic mass is 32.1. The smallest absolute Gasteiger partial charge is 0.325 e. The summed E-state index contributed by atoms with van der Waals surface area (Å²) in [6.07, 6.45) is 1.01. The lowest BCUT2D eigenvalue weighted by Gasteiger charge is -2.18. The molecule has 0 aromatic heterocycles. The molecule has 0 fully saturated rings. The van der Waals surface area contributed by atoms with Gasteiger partial charge in [-0.05, 0) is 24.5 Å². The number of carbonyl (C=O) groups is 2. The molecule has 1 atom stereocenters. The zero-order valence-corrected chi connectivity index (χ0v) is 15.6. The molecule has 1 N–H and O–H groups in total. The topological polar surface area (TPSA) is 55.4 Å². The van der Waals surface area contributed by atoms with Gasteiger partial charge in [-0.25, -0.2) is 0 Å². The number of ether oxygens (including phenoxy) is 1. The second kappa shape index (κ2) is 10.5. The van der Waals surface area contributed by atoms with Gasteiger partial charge in [0.05, 0.1) is 4.99 Å². The summed E-state index contributed by atoms with van der Waals surface area (Å²) in [5.41, 5.74) is 2.04. The summed E-state index contributed by atoms with van der Waals surface area (Å²) >= 11 is 5.42. The Kier molecular flexibility index (Phi) is 7.96. The molecule has 0 heterocycles. The standard InChI is InChI=1S/C21H23NO3S/c1-16(23)12-19(13-17-8-4-2-5-9-17)21(26)22-14-20(24)25-15-18-10-6-3-7-11-18/h2-11,19H,12-15H2,1H3,(H,22,26). The third kappa shape index (κ3) is 7.15. The Balaban J connectivity index is 1.83. The SMILES string of the molecule is CC(=O)CC(Cc1ccccc1)C(=S)NCC(=O)OCc1ccccc1. The van der Waals surface area contributed by atoms with Crippen molar-refractivity contribution in [1.82, 2.24) is 5.32 Å². The third-order valence-corrected chi connectivity index (χ3v) is 4.36. The van der Waals surface area contributed by atoms with Gasteiger partial charge in [-0.2, -0.15) is 0 Å². The van der Waals surface area contributed by atoms with E-state index in [9.17, 15) is 9.59 Å². The van der Waals surface area contributed by atoms with Crippen LogP contribution in [0.15, 0.2) is 60.7 Å². The lowest BCUT2D eigenvalue weighted by atomic mass is 9.94. The van der Waals surface area contributed by atoms with Crippen LogP contribution in [-0.2, 0) is 27.4 Å². The van der Waals surface area contributed by atoms with Crippen LogP contribution in [0.2, 0.25) is 0 Å². The first-order valence-electron chi connectivity index (χ1n) is 8.55. The monoisotopic (exact) mass is 369 g/mol. The summed E-state index contributed by atoms with van der Waals surface area (Å²) in [5.74, 6) is -0.439. The van der Waals surface area contributed by atoms with Crippen LogP contribution in [0, 0.1) is 5.92 Å². The van der Waals surface area contributed by atoms with Crippen molar-refractivity contribution in [2.75, 3.05) is 6.54 Å². The number of nitrogens with one attached hydrogen (secondary N) is 1. The minimum Gasteiger partial charge on any atom is -0.460 e. The predicted molar refractivity (Wildman–Crippen MR) is 106 cm³/mol. The summed E-state index contributed by atoms with van der Waals surface area (Å²) < 4.78 is 5.23. The van der Waals surface area contributed by atoms with Gasteiger partial charge in [0.25, 0.3) is 0 Å². The van der Waals surface area contributed by atoms with Gasteiger partial charge in [0.15, 0.2) is 0 Å². The lowest BCUT2D eigenvalue weighted by molar-refractivity contribution is -0.143. The quantitative estimate of drug-likeness (QED) is 0.542. The number of rotatable bonds is 9. The minimum absolute atomic E-state index is 0.00510. The van der Waals surface area contributed by atoms with E-state index in [4.69, 9.17) is 17.0 Å². The summed E-state index contributed by atoms with van der Waals surface area (Å²) in [6.45, 7) is 1.78. The molecular formula is C21H23NO3S. The van der Waals surface area contributed by atoms with Crippen molar-refractivity contribution in [3.63, 3.8) is 0 Å². The first kappa shape index (κ1) is 19.8. The van der Waals surface area contributed by atoms with Crippen LogP contribution in [0.5, 0.6) is 0 Å². The molecule has 0 aliphatic carbocycles. The average Bonchev–Trinajstić information content (AvgIpc) is 2.65. The highest BCUT2D eigenvalue weighted by Gasteiger charge is 2.18. The number of hydrogen-bond acceptors (Lipinski definition) is 4. The van der Waals surface area contributed by atoms with Crippen LogP contribution in [0.25, 0.3) is 0 Å². The van der Waals surface area contributed by atoms with Gasteiger partial charge in [0.1, 0.15) is 18.9 Å². The van der Waals surface area contributed by atoms with E-state index in [1.54, 1.807) is 6.92 Å². The Hall–Kier alpha value is -2.53. The van der Waals surface area contributed by atoms with Crippen molar-refractivity contribution >= 4 is 29.0 Å². The molecule has 5 heteroatoms. The largest absolute Gasteiger partial charge is 0.460 e. The number of Topliss-reactive ketones (excluding diaryl/α,β-unsaturated/α-hetero) is 1. The Bertz CT molecular complexity index is 731. The van der Waals surface area contributed by atoms with Crippen molar-refractivity contribution in [2.45, 2.75) is 26.4 Å². The molecule has 1 unspecified atom stereocenters. The second-order valence-electron chi connectivity index (χ2n) is 6.16. The Morgan fingerprint density at radius 2 is 1.58 bits per heavy atom. The molecule has 0 spiro atoms. The van der Waals surface area contributed by atoms with Gasteiger partial charge in [-0.1, -0.05) is 72.9 Å². The molecule has 0 aliphatic heterocycles. The summed E-state index contributed by atoms with van der Waals surface area (Å²) in [4.78, 5) is 24.0. The fourth-order valence-electron chi connectivity index (χ4n) is 2.60. The van der Waals surface area contributed by atoms with Crippen LogP contribution in [0.3, 0.4) is 0 Å². The van der Waals surface area contributed by atoms with E-state index in [1.165, 1.54) is 0 Å². The molecule has 0 saturated carbocycles. The number of benzene rings is 2. The maximum absolute atomic E-state index is 11.9. The Labute approximate surface area is 159 Å². The van der Waals surface area contributed by atoms with E-state index in [0.717, 1.165) is 11.1 Å². The third-order valence-electron chi connectivity index (χ3n) is 3.88. The zero-order chi connectivity index (χ0) is 18.8. The molecule has 0 amide bonds. The molecule has 4 nitrogen and oxygen atoms in total. The molecule has 2 rings (SSSR count). The fraction of sp³-hybridized carbons (Fsp3) is 0.286. The summed E-state index contributed by atoms with van der Waals surface area (Å²) in [7, 11) is 0. The maximum atomic E-state index is 11.9. The first-order chi connectivity index (χ1) is 12.5. The van der Waals surface area contributed by atoms with Crippen molar-refractivity contribution < 1.29 is 14.3 Å². The van der Waals surface area contributed by atoms with Crippen molar-refractivity contribution in [2.24, 2.45) is 5.92 Å². The Morgan fingerprint density at radius 1 is 1.00 bits per heavy atom. The van der Waals surface area contributed by atoms with Gasteiger partial charge in [-0.15, -0.1) is 0 Å². The van der Waals surface area contributed by atoms with Crippen LogP contribution < -0.4 is 5.32 Å². The number of esters is 1. The van der Waals surface area contributed by atoms with E-state index < -0.39 is 0 Å². The normalized spacial score (nSPS) is 11.4. The second-order valence-corrected chi connectivity index (χ2v) is 6.60. The van der Waals surface area contributed by atoms with E-state index >= 15 is 0 Å². The van der Waals surface area contributed by atoms with Gasteiger partial charge >= 0.3 is 5.97 Å². The molecule has 0 radical (unpaired) electrons. The van der Waals surface area contributed by atoms with E-state index in [0.29, 0.717) is 17.8 Å². The van der Waals surface area contributed by atoms with Gasteiger partial charge in [0.2, 0.25) is 0 Å². The van der Waals surface area contributed by atoms with E-state index in [1.807, 2.05) is 60.7 Å². The van der Waals surface area contributed by atoms with Crippen molar-refractivity contribution in [1.29, 1.82) is 0 Å². The highest BCUT2D eigenvalue weighted by molar-refractivity contribution is 7.80. The molecule has 136 valence electrons. The molecule has 26 heavy (non-hydrogen) atoms. The summed E-state index contributed by atoms with van der Waals surface area (Å²) in [5, 5.41) is 2.95. The van der Waals surface area contributed by atoms with E-state index in [2.05, 4.69) is 5.32 Å². The van der Waals surface area contributed by atoms with Crippen LogP contribution in [0.1, 0.15) is 24.5 Å². The van der Waals surface area contributed by atoms with Crippen molar-refractivity contribution in [3.05, 3.63) is 71.8 Å². The van der Waals surface area contributed by atoms with E-state index in [-0.39, 0.29) is 30.8 Å². The maximum Gasteiger partial charge on any atom is 0.325 e. The number of carbonyl (C=O) groups excluding carboxylic acids is 2. The molecule has 0 aliphatic rings. The number of hydrogen-bond donors (Lipinski definition) is 1. The van der Waals surface area contributed by atoms with Gasteiger partial charge in [-0.3, -0.25) is 4.79 Å². The first-order valence-corrected chi connectivity index (χ1v) is 8.96. The molecule has 2 aromatic rings.